The number of carbonyl (C=O) groups is 1. The maximum absolute atomic E-state index is 12.0. The Labute approximate surface area is 152 Å². The van der Waals surface area contributed by atoms with Crippen LogP contribution < -0.4 is 0 Å². The zero-order chi connectivity index (χ0) is 17.7. The number of Topliss-reactive ketones (excluding diaryl/α,β-unsaturated/α-hetero) is 1. The molecule has 0 spiro atoms. The first kappa shape index (κ1) is 19.6. The molecule has 1 aromatic heterocycles. The molecule has 25 heavy (non-hydrogen) atoms. The van der Waals surface area contributed by atoms with Gasteiger partial charge in [-0.3, -0.25) is 4.79 Å². The van der Waals surface area contributed by atoms with Gasteiger partial charge in [0.15, 0.2) is 0 Å². The molecule has 0 N–H and O–H groups in total. The molecule has 0 amide bonds. The minimum absolute atomic E-state index is 0.346. The maximum atomic E-state index is 12.0. The van der Waals surface area contributed by atoms with Crippen LogP contribution in [-0.4, -0.2) is 20.8 Å². The summed E-state index contributed by atoms with van der Waals surface area (Å²) in [7, 11) is 0. The lowest BCUT2D eigenvalue weighted by atomic mass is 10.0. The van der Waals surface area contributed by atoms with Crippen LogP contribution >= 0.6 is 0 Å². The number of rotatable bonds is 14. The quantitative estimate of drug-likeness (QED) is 0.413. The number of unbranched alkanes of at least 4 members (excludes halogenated alkanes) is 9. The van der Waals surface area contributed by atoms with E-state index in [1.807, 2.05) is 28.9 Å². The van der Waals surface area contributed by atoms with Gasteiger partial charge in [0, 0.05) is 12.8 Å². The van der Waals surface area contributed by atoms with E-state index in [4.69, 9.17) is 0 Å². The Morgan fingerprint density at radius 3 is 2.24 bits per heavy atom. The topological polar surface area (TPSA) is 47.8 Å². The maximum Gasteiger partial charge on any atom is 0.134 e. The van der Waals surface area contributed by atoms with Gasteiger partial charge in [-0.05, 0) is 18.6 Å². The van der Waals surface area contributed by atoms with E-state index in [0.29, 0.717) is 25.2 Å². The number of hydrogen-bond donors (Lipinski definition) is 0. The highest BCUT2D eigenvalue weighted by Gasteiger charge is 2.06. The number of fused-ring (bicyclic) bond motifs is 1. The summed E-state index contributed by atoms with van der Waals surface area (Å²) in [5, 5.41) is 8.26. The first-order valence-corrected chi connectivity index (χ1v) is 10.1. The smallest absolute Gasteiger partial charge is 0.134 e. The second-order valence-electron chi connectivity index (χ2n) is 7.02. The van der Waals surface area contributed by atoms with Gasteiger partial charge in [-0.2, -0.15) is 0 Å². The zero-order valence-corrected chi connectivity index (χ0v) is 15.8. The number of benzene rings is 1. The largest absolute Gasteiger partial charge is 0.300 e. The van der Waals surface area contributed by atoms with E-state index < -0.39 is 0 Å². The third-order valence-electron chi connectivity index (χ3n) is 4.83. The van der Waals surface area contributed by atoms with E-state index in [1.54, 1.807) is 0 Å². The number of hydrogen-bond acceptors (Lipinski definition) is 3. The third-order valence-corrected chi connectivity index (χ3v) is 4.83. The molecule has 0 bridgehead atoms. The van der Waals surface area contributed by atoms with Crippen LogP contribution in [-0.2, 0) is 11.3 Å². The average molecular weight is 344 g/mol. The van der Waals surface area contributed by atoms with Crippen molar-refractivity contribution in [2.45, 2.75) is 90.5 Å². The second kappa shape index (κ2) is 11.8. The van der Waals surface area contributed by atoms with Crippen molar-refractivity contribution in [3.63, 3.8) is 0 Å². The van der Waals surface area contributed by atoms with Crippen molar-refractivity contribution in [3.8, 4) is 0 Å². The standard InChI is InChI=1S/C21H33N3O/c1-2-3-4-5-6-7-8-9-10-11-14-19(25)17-18-24-21-16-13-12-15-20(21)22-23-24/h12-13,15-16H,2-11,14,17-18H2,1H3. The summed E-state index contributed by atoms with van der Waals surface area (Å²) < 4.78 is 1.84. The van der Waals surface area contributed by atoms with Crippen molar-refractivity contribution in [1.29, 1.82) is 0 Å². The number of ketones is 1. The van der Waals surface area contributed by atoms with Crippen molar-refractivity contribution in [3.05, 3.63) is 24.3 Å². The Balaban J connectivity index is 1.49. The highest BCUT2D eigenvalue weighted by molar-refractivity contribution is 5.78. The predicted molar refractivity (Wildman–Crippen MR) is 104 cm³/mol. The average Bonchev–Trinajstić information content (AvgIpc) is 3.05. The van der Waals surface area contributed by atoms with E-state index in [-0.39, 0.29) is 0 Å². The molecule has 0 saturated heterocycles. The van der Waals surface area contributed by atoms with Crippen LogP contribution in [0.25, 0.3) is 11.0 Å². The molecule has 4 heteroatoms. The molecule has 1 aromatic carbocycles. The van der Waals surface area contributed by atoms with Gasteiger partial charge in [0.2, 0.25) is 0 Å². The minimum atomic E-state index is 0.346. The summed E-state index contributed by atoms with van der Waals surface area (Å²) in [5.41, 5.74) is 1.90. The summed E-state index contributed by atoms with van der Waals surface area (Å²) >= 11 is 0. The molecule has 0 saturated carbocycles. The molecule has 0 atom stereocenters. The summed E-state index contributed by atoms with van der Waals surface area (Å²) in [6, 6.07) is 7.89. The van der Waals surface area contributed by atoms with Gasteiger partial charge in [-0.1, -0.05) is 82.1 Å². The van der Waals surface area contributed by atoms with Crippen LogP contribution in [0.1, 0.15) is 84.0 Å². The second-order valence-corrected chi connectivity index (χ2v) is 7.02. The van der Waals surface area contributed by atoms with E-state index in [2.05, 4.69) is 17.2 Å². The van der Waals surface area contributed by atoms with Gasteiger partial charge in [-0.15, -0.1) is 5.10 Å². The van der Waals surface area contributed by atoms with Gasteiger partial charge in [-0.25, -0.2) is 4.68 Å². The van der Waals surface area contributed by atoms with Crippen LogP contribution in [0.5, 0.6) is 0 Å². The van der Waals surface area contributed by atoms with Crippen molar-refractivity contribution < 1.29 is 4.79 Å². The number of nitrogens with zero attached hydrogens (tertiary/aromatic N) is 3. The normalized spacial score (nSPS) is 11.2. The van der Waals surface area contributed by atoms with E-state index >= 15 is 0 Å². The van der Waals surface area contributed by atoms with E-state index in [0.717, 1.165) is 17.5 Å². The molecule has 1 heterocycles. The monoisotopic (exact) mass is 343 g/mol. The molecule has 2 aromatic rings. The summed E-state index contributed by atoms with van der Waals surface area (Å²) in [6.45, 7) is 2.90. The first-order chi connectivity index (χ1) is 12.3. The number of aromatic nitrogens is 3. The van der Waals surface area contributed by atoms with Crippen LogP contribution in [0.3, 0.4) is 0 Å². The minimum Gasteiger partial charge on any atom is -0.300 e. The molecule has 0 radical (unpaired) electrons. The van der Waals surface area contributed by atoms with Gasteiger partial charge < -0.3 is 0 Å². The zero-order valence-electron chi connectivity index (χ0n) is 15.8. The molecular formula is C21H33N3O. The lowest BCUT2D eigenvalue weighted by molar-refractivity contribution is -0.119. The fraction of sp³-hybridized carbons (Fsp3) is 0.667. The SMILES string of the molecule is CCCCCCCCCCCCC(=O)CCn1nnc2ccccc21. The number of para-hydroxylation sites is 1. The van der Waals surface area contributed by atoms with Crippen LogP contribution in [0.15, 0.2) is 24.3 Å². The van der Waals surface area contributed by atoms with Crippen LogP contribution in [0.2, 0.25) is 0 Å². The van der Waals surface area contributed by atoms with Gasteiger partial charge in [0.25, 0.3) is 0 Å². The highest BCUT2D eigenvalue weighted by Crippen LogP contribution is 2.13. The van der Waals surface area contributed by atoms with Crippen molar-refractivity contribution >= 4 is 16.8 Å². The number of aryl methyl sites for hydroxylation is 1. The molecular weight excluding hydrogens is 310 g/mol. The molecule has 138 valence electrons. The summed E-state index contributed by atoms with van der Waals surface area (Å²) in [6.07, 6.45) is 14.3. The number of carbonyl (C=O) groups excluding carboxylic acids is 1. The predicted octanol–water partition coefficient (Wildman–Crippen LogP) is 5.70. The Hall–Kier alpha value is -1.71. The molecule has 2 rings (SSSR count). The Kier molecular flexibility index (Phi) is 9.24. The molecule has 0 aliphatic rings. The van der Waals surface area contributed by atoms with Gasteiger partial charge in [0.05, 0.1) is 12.1 Å². The molecule has 0 fully saturated rings. The van der Waals surface area contributed by atoms with E-state index in [1.165, 1.54) is 57.8 Å². The van der Waals surface area contributed by atoms with Gasteiger partial charge >= 0.3 is 0 Å². The molecule has 0 unspecified atom stereocenters. The van der Waals surface area contributed by atoms with Crippen molar-refractivity contribution in [1.82, 2.24) is 15.0 Å². The third kappa shape index (κ3) is 7.37. The highest BCUT2D eigenvalue weighted by atomic mass is 16.1. The van der Waals surface area contributed by atoms with Crippen LogP contribution in [0.4, 0.5) is 0 Å². The van der Waals surface area contributed by atoms with Crippen molar-refractivity contribution in [2.24, 2.45) is 0 Å². The fourth-order valence-electron chi connectivity index (χ4n) is 3.25. The van der Waals surface area contributed by atoms with Crippen LogP contribution in [0, 0.1) is 0 Å². The van der Waals surface area contributed by atoms with Gasteiger partial charge in [0.1, 0.15) is 11.3 Å². The molecule has 4 nitrogen and oxygen atoms in total. The molecule has 0 aliphatic carbocycles. The van der Waals surface area contributed by atoms with E-state index in [9.17, 15) is 4.79 Å². The fourth-order valence-corrected chi connectivity index (χ4v) is 3.25. The lowest BCUT2D eigenvalue weighted by Crippen LogP contribution is -2.07. The summed E-state index contributed by atoms with van der Waals surface area (Å²) in [4.78, 5) is 12.0. The lowest BCUT2D eigenvalue weighted by Gasteiger charge is -2.04. The Morgan fingerprint density at radius 1 is 0.880 bits per heavy atom. The Bertz CT molecular complexity index is 620. The molecule has 0 aliphatic heterocycles. The Morgan fingerprint density at radius 2 is 1.52 bits per heavy atom. The summed E-state index contributed by atoms with van der Waals surface area (Å²) in [5.74, 6) is 0.346. The first-order valence-electron chi connectivity index (χ1n) is 10.1. The van der Waals surface area contributed by atoms with Crippen molar-refractivity contribution in [2.75, 3.05) is 0 Å².